The van der Waals surface area contributed by atoms with Gasteiger partial charge in [-0.15, -0.1) is 6.58 Å². The lowest BCUT2D eigenvalue weighted by Gasteiger charge is -2.03. The van der Waals surface area contributed by atoms with Crippen molar-refractivity contribution < 1.29 is 14.3 Å². The molecule has 3 heteroatoms. The van der Waals surface area contributed by atoms with Gasteiger partial charge in [0.25, 0.3) is 0 Å². The van der Waals surface area contributed by atoms with E-state index < -0.39 is 0 Å². The molecule has 0 amide bonds. The molecule has 2 aromatic carbocycles. The molecule has 23 heavy (non-hydrogen) atoms. The van der Waals surface area contributed by atoms with Gasteiger partial charge in [-0.1, -0.05) is 24.3 Å². The predicted molar refractivity (Wildman–Crippen MR) is 92.3 cm³/mol. The second kappa shape index (κ2) is 6.21. The lowest BCUT2D eigenvalue weighted by molar-refractivity contribution is 0.414. The fourth-order valence-electron chi connectivity index (χ4n) is 2.83. The van der Waals surface area contributed by atoms with Crippen LogP contribution in [0.3, 0.4) is 0 Å². The largest absolute Gasteiger partial charge is 0.507 e. The van der Waals surface area contributed by atoms with E-state index in [9.17, 15) is 5.11 Å². The van der Waals surface area contributed by atoms with Crippen molar-refractivity contribution in [3.63, 3.8) is 0 Å². The van der Waals surface area contributed by atoms with Crippen LogP contribution in [0.25, 0.3) is 11.0 Å². The van der Waals surface area contributed by atoms with E-state index in [1.165, 1.54) is 0 Å². The zero-order valence-electron chi connectivity index (χ0n) is 13.4. The van der Waals surface area contributed by atoms with E-state index >= 15 is 0 Å². The van der Waals surface area contributed by atoms with Crippen LogP contribution in [0.5, 0.6) is 11.5 Å². The summed E-state index contributed by atoms with van der Waals surface area (Å²) in [6, 6.07) is 11.7. The molecule has 0 saturated heterocycles. The first-order valence-corrected chi connectivity index (χ1v) is 7.60. The first-order chi connectivity index (χ1) is 11.1. The third-order valence-electron chi connectivity index (χ3n) is 4.14. The molecule has 3 nitrogen and oxygen atoms in total. The highest BCUT2D eigenvalue weighted by atomic mass is 16.5. The average Bonchev–Trinajstić information content (AvgIpc) is 2.88. The molecule has 3 rings (SSSR count). The number of phenols is 1. The van der Waals surface area contributed by atoms with Crippen LogP contribution >= 0.6 is 0 Å². The topological polar surface area (TPSA) is 42.6 Å². The minimum Gasteiger partial charge on any atom is -0.507 e. The molecule has 1 heterocycles. The second-order valence-electron chi connectivity index (χ2n) is 5.61. The van der Waals surface area contributed by atoms with Crippen molar-refractivity contribution in [3.8, 4) is 11.5 Å². The Bertz CT molecular complexity index is 841. The predicted octanol–water partition coefficient (Wildman–Crippen LogP) is 4.77. The maximum atomic E-state index is 10.5. The molecule has 0 radical (unpaired) electrons. The maximum absolute atomic E-state index is 10.5. The zero-order chi connectivity index (χ0) is 16.4. The summed E-state index contributed by atoms with van der Waals surface area (Å²) in [7, 11) is 1.65. The van der Waals surface area contributed by atoms with Crippen molar-refractivity contribution in [2.24, 2.45) is 0 Å². The number of aromatic hydroxyl groups is 1. The van der Waals surface area contributed by atoms with E-state index in [1.54, 1.807) is 13.2 Å². The molecule has 0 atom stereocenters. The molecule has 1 aromatic heterocycles. The summed E-state index contributed by atoms with van der Waals surface area (Å²) in [6.45, 7) is 5.72. The number of aryl methyl sites for hydroxylation is 1. The Morgan fingerprint density at radius 2 is 1.91 bits per heavy atom. The number of fused-ring (bicyclic) bond motifs is 1. The third kappa shape index (κ3) is 2.82. The summed E-state index contributed by atoms with van der Waals surface area (Å²) in [5.74, 6) is 2.00. The molecule has 118 valence electrons. The van der Waals surface area contributed by atoms with Gasteiger partial charge in [-0.3, -0.25) is 0 Å². The van der Waals surface area contributed by atoms with Gasteiger partial charge in [0.2, 0.25) is 0 Å². The van der Waals surface area contributed by atoms with E-state index in [-0.39, 0.29) is 0 Å². The Morgan fingerprint density at radius 1 is 1.17 bits per heavy atom. The summed E-state index contributed by atoms with van der Waals surface area (Å²) in [6.07, 6.45) is 3.11. The van der Waals surface area contributed by atoms with Crippen LogP contribution in [0.2, 0.25) is 0 Å². The van der Waals surface area contributed by atoms with Crippen LogP contribution in [0.15, 0.2) is 53.5 Å². The Hall–Kier alpha value is -2.68. The van der Waals surface area contributed by atoms with Crippen LogP contribution in [0, 0.1) is 6.92 Å². The van der Waals surface area contributed by atoms with Gasteiger partial charge in [0.15, 0.2) is 0 Å². The van der Waals surface area contributed by atoms with Gasteiger partial charge in [-0.2, -0.15) is 0 Å². The van der Waals surface area contributed by atoms with E-state index in [0.717, 1.165) is 39.2 Å². The van der Waals surface area contributed by atoms with Crippen LogP contribution in [0.1, 0.15) is 22.5 Å². The van der Waals surface area contributed by atoms with Crippen molar-refractivity contribution in [3.05, 3.63) is 71.5 Å². The number of furan rings is 1. The molecule has 0 spiro atoms. The molecule has 0 aliphatic rings. The van der Waals surface area contributed by atoms with E-state index in [2.05, 4.69) is 6.58 Å². The van der Waals surface area contributed by atoms with E-state index in [1.807, 2.05) is 43.3 Å². The van der Waals surface area contributed by atoms with Gasteiger partial charge >= 0.3 is 0 Å². The number of methoxy groups -OCH3 is 1. The van der Waals surface area contributed by atoms with Gasteiger partial charge < -0.3 is 14.3 Å². The molecule has 1 N–H and O–H groups in total. The van der Waals surface area contributed by atoms with Gasteiger partial charge in [0.05, 0.1) is 12.5 Å². The summed E-state index contributed by atoms with van der Waals surface area (Å²) in [4.78, 5) is 0. The smallest absolute Gasteiger partial charge is 0.138 e. The van der Waals surface area contributed by atoms with Gasteiger partial charge in [0, 0.05) is 12.0 Å². The average molecular weight is 308 g/mol. The molecular weight excluding hydrogens is 288 g/mol. The van der Waals surface area contributed by atoms with Crippen LogP contribution in [-0.4, -0.2) is 12.2 Å². The quantitative estimate of drug-likeness (QED) is 0.690. The SMILES string of the molecule is C=CCc1ccc2oc(Cc3ccc(OC)cc3)c(C)c2c1O. The Morgan fingerprint density at radius 3 is 2.57 bits per heavy atom. The number of rotatable bonds is 5. The summed E-state index contributed by atoms with van der Waals surface area (Å²) in [5.41, 5.74) is 3.71. The van der Waals surface area contributed by atoms with Crippen molar-refractivity contribution in [1.82, 2.24) is 0 Å². The number of allylic oxidation sites excluding steroid dienone is 1. The molecule has 0 unspecified atom stereocenters. The lowest BCUT2D eigenvalue weighted by atomic mass is 10.0. The van der Waals surface area contributed by atoms with Crippen molar-refractivity contribution in [1.29, 1.82) is 0 Å². The Balaban J connectivity index is 1.99. The van der Waals surface area contributed by atoms with Crippen molar-refractivity contribution in [2.75, 3.05) is 7.11 Å². The van der Waals surface area contributed by atoms with Crippen LogP contribution < -0.4 is 4.74 Å². The third-order valence-corrected chi connectivity index (χ3v) is 4.14. The molecule has 0 aliphatic heterocycles. The highest BCUT2D eigenvalue weighted by Gasteiger charge is 2.16. The van der Waals surface area contributed by atoms with Gasteiger partial charge in [0.1, 0.15) is 22.8 Å². The Kier molecular flexibility index (Phi) is 4.11. The highest BCUT2D eigenvalue weighted by molar-refractivity contribution is 5.89. The minimum absolute atomic E-state index is 0.296. The minimum atomic E-state index is 0.296. The Labute approximate surface area is 135 Å². The molecule has 0 aliphatic carbocycles. The van der Waals surface area contributed by atoms with Gasteiger partial charge in [-0.05, 0) is 42.7 Å². The second-order valence-corrected chi connectivity index (χ2v) is 5.61. The van der Waals surface area contributed by atoms with E-state index in [4.69, 9.17) is 9.15 Å². The number of ether oxygens (including phenoxy) is 1. The maximum Gasteiger partial charge on any atom is 0.138 e. The lowest BCUT2D eigenvalue weighted by Crippen LogP contribution is -1.89. The monoisotopic (exact) mass is 308 g/mol. The molecule has 3 aromatic rings. The summed E-state index contributed by atoms with van der Waals surface area (Å²) < 4.78 is 11.1. The molecule has 0 fully saturated rings. The highest BCUT2D eigenvalue weighted by Crippen LogP contribution is 2.36. The standard InChI is InChI=1S/C20H20O3/c1-4-5-15-8-11-17-19(20(15)21)13(2)18(23-17)12-14-6-9-16(22-3)10-7-14/h4,6-11,21H,1,5,12H2,2-3H3. The summed E-state index contributed by atoms with van der Waals surface area (Å²) in [5, 5.41) is 11.3. The number of hydrogen-bond acceptors (Lipinski definition) is 3. The normalized spacial score (nSPS) is 10.9. The number of hydrogen-bond donors (Lipinski definition) is 1. The first-order valence-electron chi connectivity index (χ1n) is 7.60. The molecule has 0 bridgehead atoms. The fraction of sp³-hybridized carbons (Fsp3) is 0.200. The fourth-order valence-corrected chi connectivity index (χ4v) is 2.83. The van der Waals surface area contributed by atoms with Crippen LogP contribution in [-0.2, 0) is 12.8 Å². The van der Waals surface area contributed by atoms with Crippen molar-refractivity contribution in [2.45, 2.75) is 19.8 Å². The molecule has 0 saturated carbocycles. The van der Waals surface area contributed by atoms with E-state index in [0.29, 0.717) is 18.6 Å². The first kappa shape index (κ1) is 15.2. The van der Waals surface area contributed by atoms with Gasteiger partial charge in [-0.25, -0.2) is 0 Å². The molecular formula is C20H20O3. The van der Waals surface area contributed by atoms with Crippen molar-refractivity contribution >= 4 is 11.0 Å². The van der Waals surface area contributed by atoms with Crippen LogP contribution in [0.4, 0.5) is 0 Å². The zero-order valence-corrected chi connectivity index (χ0v) is 13.4. The number of phenolic OH excluding ortho intramolecular Hbond substituents is 1. The number of benzene rings is 2. The summed E-state index contributed by atoms with van der Waals surface area (Å²) >= 11 is 0.